The first kappa shape index (κ1) is 12.7. The van der Waals surface area contributed by atoms with Crippen molar-refractivity contribution in [3.8, 4) is 0 Å². The molecule has 3 N–H and O–H groups in total. The highest BCUT2D eigenvalue weighted by atomic mass is 19.1. The van der Waals surface area contributed by atoms with Gasteiger partial charge in [0.2, 0.25) is 5.91 Å². The molecule has 4 nitrogen and oxygen atoms in total. The lowest BCUT2D eigenvalue weighted by Crippen LogP contribution is -2.42. The van der Waals surface area contributed by atoms with Crippen LogP contribution in [0, 0.1) is 11.7 Å². The quantitative estimate of drug-likeness (QED) is 0.780. The van der Waals surface area contributed by atoms with Crippen LogP contribution in [0.4, 0.5) is 15.8 Å². The van der Waals surface area contributed by atoms with E-state index in [4.69, 9.17) is 5.73 Å². The number of halogens is 1. The summed E-state index contributed by atoms with van der Waals surface area (Å²) in [7, 11) is 1.64. The molecule has 1 aromatic rings. The Morgan fingerprint density at radius 1 is 1.56 bits per heavy atom. The first-order chi connectivity index (χ1) is 8.63. The number of nitrogen functional groups attached to an aromatic ring is 1. The number of para-hydroxylation sites is 1. The van der Waals surface area contributed by atoms with Crippen LogP contribution in [0.5, 0.6) is 0 Å². The van der Waals surface area contributed by atoms with E-state index >= 15 is 0 Å². The highest BCUT2D eigenvalue weighted by Gasteiger charge is 2.26. The number of carbonyl (C=O) groups excluding carboxylic acids is 1. The predicted molar refractivity (Wildman–Crippen MR) is 69.8 cm³/mol. The summed E-state index contributed by atoms with van der Waals surface area (Å²) in [6, 6.07) is 4.79. The number of amides is 1. The molecular formula is C13H18FN3O. The van der Waals surface area contributed by atoms with Gasteiger partial charge in [-0.1, -0.05) is 6.07 Å². The predicted octanol–water partition coefficient (Wildman–Crippen LogP) is 1.37. The van der Waals surface area contributed by atoms with Crippen molar-refractivity contribution >= 4 is 17.3 Å². The molecule has 1 amide bonds. The summed E-state index contributed by atoms with van der Waals surface area (Å²) in [5, 5.41) is 2.66. The molecule has 0 spiro atoms. The average Bonchev–Trinajstić information content (AvgIpc) is 2.41. The lowest BCUT2D eigenvalue weighted by Gasteiger charge is -2.34. The number of nitrogens with one attached hydrogen (secondary N) is 1. The van der Waals surface area contributed by atoms with Crippen LogP contribution in [-0.4, -0.2) is 26.0 Å². The molecule has 1 unspecified atom stereocenters. The van der Waals surface area contributed by atoms with Gasteiger partial charge in [-0.15, -0.1) is 0 Å². The van der Waals surface area contributed by atoms with E-state index in [2.05, 4.69) is 5.32 Å². The molecule has 0 saturated carbocycles. The van der Waals surface area contributed by atoms with E-state index in [0.717, 1.165) is 19.4 Å². The van der Waals surface area contributed by atoms with E-state index < -0.39 is 5.82 Å². The average molecular weight is 251 g/mol. The Hall–Kier alpha value is -1.78. The van der Waals surface area contributed by atoms with Gasteiger partial charge in [-0.05, 0) is 25.0 Å². The molecule has 0 aromatic heterocycles. The highest BCUT2D eigenvalue weighted by molar-refractivity contribution is 5.79. The topological polar surface area (TPSA) is 58.4 Å². The molecule has 1 aliphatic heterocycles. The number of piperidine rings is 1. The van der Waals surface area contributed by atoms with Gasteiger partial charge in [-0.2, -0.15) is 0 Å². The third kappa shape index (κ3) is 2.39. The second kappa shape index (κ2) is 5.25. The lowest BCUT2D eigenvalue weighted by molar-refractivity contribution is -0.124. The molecule has 1 atom stereocenters. The van der Waals surface area contributed by atoms with Gasteiger partial charge in [0.15, 0.2) is 0 Å². The summed E-state index contributed by atoms with van der Waals surface area (Å²) in [6.45, 7) is 1.40. The van der Waals surface area contributed by atoms with Gasteiger partial charge in [-0.25, -0.2) is 4.39 Å². The molecule has 1 saturated heterocycles. The van der Waals surface area contributed by atoms with Crippen molar-refractivity contribution in [3.63, 3.8) is 0 Å². The molecule has 0 radical (unpaired) electrons. The summed E-state index contributed by atoms with van der Waals surface area (Å²) in [6.07, 6.45) is 1.78. The first-order valence-electron chi connectivity index (χ1n) is 6.14. The SMILES string of the molecule is CNC(=O)C1CCCN(c2cccc(F)c2N)C1. The largest absolute Gasteiger partial charge is 0.395 e. The Bertz CT molecular complexity index is 450. The van der Waals surface area contributed by atoms with Crippen LogP contribution >= 0.6 is 0 Å². The number of benzene rings is 1. The number of nitrogens with zero attached hydrogens (tertiary/aromatic N) is 1. The minimum Gasteiger partial charge on any atom is -0.395 e. The van der Waals surface area contributed by atoms with Gasteiger partial charge in [0.25, 0.3) is 0 Å². The van der Waals surface area contributed by atoms with Gasteiger partial charge in [0, 0.05) is 20.1 Å². The van der Waals surface area contributed by atoms with Crippen molar-refractivity contribution in [3.05, 3.63) is 24.0 Å². The van der Waals surface area contributed by atoms with Crippen LogP contribution < -0.4 is 16.0 Å². The van der Waals surface area contributed by atoms with Gasteiger partial charge >= 0.3 is 0 Å². The third-order valence-corrected chi connectivity index (χ3v) is 3.41. The van der Waals surface area contributed by atoms with Crippen molar-refractivity contribution in [2.24, 2.45) is 5.92 Å². The van der Waals surface area contributed by atoms with E-state index in [1.54, 1.807) is 19.2 Å². The summed E-state index contributed by atoms with van der Waals surface area (Å²) in [5.41, 5.74) is 6.60. The van der Waals surface area contributed by atoms with Crippen molar-refractivity contribution in [2.45, 2.75) is 12.8 Å². The fraction of sp³-hybridized carbons (Fsp3) is 0.462. The molecule has 0 bridgehead atoms. The molecule has 1 aromatic carbocycles. The summed E-state index contributed by atoms with van der Waals surface area (Å²) < 4.78 is 13.4. The zero-order valence-electron chi connectivity index (χ0n) is 10.4. The Kier molecular flexibility index (Phi) is 3.69. The summed E-state index contributed by atoms with van der Waals surface area (Å²) in [4.78, 5) is 13.6. The van der Waals surface area contributed by atoms with Gasteiger partial charge in [0.05, 0.1) is 17.3 Å². The van der Waals surface area contributed by atoms with Crippen molar-refractivity contribution in [1.82, 2.24) is 5.32 Å². The van der Waals surface area contributed by atoms with Crippen LogP contribution in [-0.2, 0) is 4.79 Å². The number of carbonyl (C=O) groups is 1. The smallest absolute Gasteiger partial charge is 0.224 e. The van der Waals surface area contributed by atoms with Crippen LogP contribution in [0.15, 0.2) is 18.2 Å². The fourth-order valence-corrected chi connectivity index (χ4v) is 2.42. The van der Waals surface area contributed by atoms with E-state index in [1.165, 1.54) is 6.07 Å². The van der Waals surface area contributed by atoms with E-state index in [-0.39, 0.29) is 17.5 Å². The number of hydrogen-bond donors (Lipinski definition) is 2. The maximum absolute atomic E-state index is 13.4. The summed E-state index contributed by atoms with van der Waals surface area (Å²) >= 11 is 0. The third-order valence-electron chi connectivity index (χ3n) is 3.41. The second-order valence-corrected chi connectivity index (χ2v) is 4.57. The number of anilines is 2. The first-order valence-corrected chi connectivity index (χ1v) is 6.14. The number of nitrogens with two attached hydrogens (primary N) is 1. The zero-order chi connectivity index (χ0) is 13.1. The molecule has 1 fully saturated rings. The molecular weight excluding hydrogens is 233 g/mol. The van der Waals surface area contributed by atoms with Gasteiger partial charge < -0.3 is 16.0 Å². The zero-order valence-corrected chi connectivity index (χ0v) is 10.4. The minimum absolute atomic E-state index is 0.0367. The molecule has 5 heteroatoms. The highest BCUT2D eigenvalue weighted by Crippen LogP contribution is 2.29. The van der Waals surface area contributed by atoms with E-state index in [9.17, 15) is 9.18 Å². The number of hydrogen-bond acceptors (Lipinski definition) is 3. The molecule has 98 valence electrons. The summed E-state index contributed by atoms with van der Waals surface area (Å²) in [5.74, 6) is -0.421. The minimum atomic E-state index is -0.408. The van der Waals surface area contributed by atoms with Crippen molar-refractivity contribution in [2.75, 3.05) is 30.8 Å². The van der Waals surface area contributed by atoms with Crippen molar-refractivity contribution in [1.29, 1.82) is 0 Å². The molecule has 2 rings (SSSR count). The Morgan fingerprint density at radius 3 is 3.06 bits per heavy atom. The number of rotatable bonds is 2. The molecule has 18 heavy (non-hydrogen) atoms. The van der Waals surface area contributed by atoms with Crippen LogP contribution in [0.1, 0.15) is 12.8 Å². The molecule has 0 aliphatic carbocycles. The van der Waals surface area contributed by atoms with Crippen LogP contribution in [0.2, 0.25) is 0 Å². The van der Waals surface area contributed by atoms with Crippen LogP contribution in [0.25, 0.3) is 0 Å². The fourth-order valence-electron chi connectivity index (χ4n) is 2.42. The monoisotopic (exact) mass is 251 g/mol. The van der Waals surface area contributed by atoms with E-state index in [1.807, 2.05) is 4.90 Å². The van der Waals surface area contributed by atoms with Gasteiger partial charge in [-0.3, -0.25) is 4.79 Å². The van der Waals surface area contributed by atoms with Gasteiger partial charge in [0.1, 0.15) is 5.82 Å². The molecule has 1 heterocycles. The Labute approximate surface area is 106 Å². The van der Waals surface area contributed by atoms with Crippen LogP contribution in [0.3, 0.4) is 0 Å². The van der Waals surface area contributed by atoms with E-state index in [0.29, 0.717) is 12.2 Å². The Balaban J connectivity index is 2.18. The second-order valence-electron chi connectivity index (χ2n) is 4.57. The maximum atomic E-state index is 13.4. The molecule has 1 aliphatic rings. The Morgan fingerprint density at radius 2 is 2.33 bits per heavy atom. The maximum Gasteiger partial charge on any atom is 0.224 e. The lowest BCUT2D eigenvalue weighted by atomic mass is 9.96. The normalized spacial score (nSPS) is 19.7. The standard InChI is InChI=1S/C13H18FN3O/c1-16-13(18)9-4-3-7-17(8-9)11-6-2-5-10(14)12(11)15/h2,5-6,9H,3-4,7-8,15H2,1H3,(H,16,18). The van der Waals surface area contributed by atoms with Crippen molar-refractivity contribution < 1.29 is 9.18 Å².